The third-order valence-corrected chi connectivity index (χ3v) is 4.74. The Morgan fingerprint density at radius 1 is 1.08 bits per heavy atom. The molecule has 4 nitrogen and oxygen atoms in total. The maximum atomic E-state index is 12.7. The minimum atomic E-state index is -0.511. The lowest BCUT2D eigenvalue weighted by Crippen LogP contribution is -2.52. The minimum absolute atomic E-state index is 0.0297. The minimum Gasteiger partial charge on any atom is -0.481 e. The molecule has 0 aromatic heterocycles. The van der Waals surface area contributed by atoms with Crippen molar-refractivity contribution in [2.24, 2.45) is 0 Å². The number of rotatable bonds is 4. The van der Waals surface area contributed by atoms with Crippen LogP contribution < -0.4 is 9.64 Å². The third-order valence-electron chi connectivity index (χ3n) is 4.50. The molecule has 1 aliphatic heterocycles. The molecule has 1 atom stereocenters. The van der Waals surface area contributed by atoms with Gasteiger partial charge in [0.2, 0.25) is 0 Å². The summed E-state index contributed by atoms with van der Waals surface area (Å²) in [6, 6.07) is 15.7. The van der Waals surface area contributed by atoms with Crippen LogP contribution >= 0.6 is 11.6 Å². The molecule has 0 unspecified atom stereocenters. The Morgan fingerprint density at radius 2 is 1.76 bits per heavy atom. The Bertz CT molecular complexity index is 728. The number of para-hydroxylation sites is 1. The largest absolute Gasteiger partial charge is 0.481 e. The zero-order valence-electron chi connectivity index (χ0n) is 14.6. The van der Waals surface area contributed by atoms with E-state index in [1.807, 2.05) is 42.2 Å². The second-order valence-electron chi connectivity index (χ2n) is 6.32. The van der Waals surface area contributed by atoms with Crippen LogP contribution in [-0.2, 0) is 4.79 Å². The van der Waals surface area contributed by atoms with E-state index in [0.717, 1.165) is 18.7 Å². The average molecular weight is 359 g/mol. The molecule has 0 saturated carbocycles. The highest BCUT2D eigenvalue weighted by atomic mass is 35.5. The van der Waals surface area contributed by atoms with Gasteiger partial charge < -0.3 is 14.5 Å². The number of benzene rings is 2. The van der Waals surface area contributed by atoms with Gasteiger partial charge in [0, 0.05) is 36.9 Å². The number of ether oxygens (including phenoxy) is 1. The van der Waals surface area contributed by atoms with Gasteiger partial charge in [0.25, 0.3) is 5.91 Å². The SMILES string of the molecule is Cc1cc(Cl)ccc1O[C@H](C)C(=O)N1CCN(c2ccccc2)CC1. The van der Waals surface area contributed by atoms with Gasteiger partial charge in [-0.05, 0) is 49.7 Å². The molecule has 25 heavy (non-hydrogen) atoms. The van der Waals surface area contributed by atoms with Crippen molar-refractivity contribution in [1.82, 2.24) is 4.90 Å². The van der Waals surface area contributed by atoms with Crippen LogP contribution in [-0.4, -0.2) is 43.1 Å². The van der Waals surface area contributed by atoms with E-state index >= 15 is 0 Å². The summed E-state index contributed by atoms with van der Waals surface area (Å²) >= 11 is 5.97. The Balaban J connectivity index is 1.56. The number of hydrogen-bond donors (Lipinski definition) is 0. The van der Waals surface area contributed by atoms with Crippen LogP contribution in [0.1, 0.15) is 12.5 Å². The van der Waals surface area contributed by atoms with Gasteiger partial charge in [0.15, 0.2) is 6.10 Å². The number of aryl methyl sites for hydroxylation is 1. The number of hydrogen-bond acceptors (Lipinski definition) is 3. The summed E-state index contributed by atoms with van der Waals surface area (Å²) in [6.07, 6.45) is -0.511. The van der Waals surface area contributed by atoms with Gasteiger partial charge in [-0.25, -0.2) is 0 Å². The highest BCUT2D eigenvalue weighted by Gasteiger charge is 2.26. The van der Waals surface area contributed by atoms with Crippen molar-refractivity contribution in [2.75, 3.05) is 31.1 Å². The summed E-state index contributed by atoms with van der Waals surface area (Å²) in [6.45, 7) is 6.82. The molecule has 0 aliphatic carbocycles. The molecule has 1 aliphatic rings. The summed E-state index contributed by atoms with van der Waals surface area (Å²) in [5.41, 5.74) is 2.14. The molecule has 1 amide bonds. The Labute approximate surface area is 154 Å². The van der Waals surface area contributed by atoms with Gasteiger partial charge in [-0.2, -0.15) is 0 Å². The fraction of sp³-hybridized carbons (Fsp3) is 0.350. The van der Waals surface area contributed by atoms with Crippen LogP contribution in [0.15, 0.2) is 48.5 Å². The zero-order chi connectivity index (χ0) is 17.8. The van der Waals surface area contributed by atoms with Crippen molar-refractivity contribution in [3.05, 3.63) is 59.1 Å². The Morgan fingerprint density at radius 3 is 2.40 bits per heavy atom. The molecule has 0 radical (unpaired) electrons. The summed E-state index contributed by atoms with van der Waals surface area (Å²) in [5, 5.41) is 0.667. The monoisotopic (exact) mass is 358 g/mol. The van der Waals surface area contributed by atoms with Gasteiger partial charge in [-0.1, -0.05) is 29.8 Å². The summed E-state index contributed by atoms with van der Waals surface area (Å²) < 4.78 is 5.86. The number of carbonyl (C=O) groups is 1. The van der Waals surface area contributed by atoms with E-state index in [9.17, 15) is 4.79 Å². The molecule has 0 N–H and O–H groups in total. The van der Waals surface area contributed by atoms with E-state index < -0.39 is 6.10 Å². The number of carbonyl (C=O) groups excluding carboxylic acids is 1. The number of amides is 1. The molecular weight excluding hydrogens is 336 g/mol. The molecular formula is C20H23ClN2O2. The van der Waals surface area contributed by atoms with Crippen LogP contribution in [0.25, 0.3) is 0 Å². The van der Waals surface area contributed by atoms with Crippen LogP contribution in [0.4, 0.5) is 5.69 Å². The van der Waals surface area contributed by atoms with Crippen LogP contribution in [0.2, 0.25) is 5.02 Å². The molecule has 1 fully saturated rings. The van der Waals surface area contributed by atoms with E-state index in [4.69, 9.17) is 16.3 Å². The standard InChI is InChI=1S/C20H23ClN2O2/c1-15-14-17(21)8-9-19(15)25-16(2)20(24)23-12-10-22(11-13-23)18-6-4-3-5-7-18/h3-9,14,16H,10-13H2,1-2H3/t16-/m1/s1. The topological polar surface area (TPSA) is 32.8 Å². The van der Waals surface area contributed by atoms with E-state index in [0.29, 0.717) is 23.9 Å². The Hall–Kier alpha value is -2.20. The molecule has 132 valence electrons. The number of anilines is 1. The Kier molecular flexibility index (Phi) is 5.49. The quantitative estimate of drug-likeness (QED) is 0.834. The lowest BCUT2D eigenvalue weighted by atomic mass is 10.2. The van der Waals surface area contributed by atoms with E-state index in [-0.39, 0.29) is 5.91 Å². The van der Waals surface area contributed by atoms with E-state index in [1.165, 1.54) is 5.69 Å². The van der Waals surface area contributed by atoms with Gasteiger partial charge in [0.1, 0.15) is 5.75 Å². The van der Waals surface area contributed by atoms with Crippen molar-refractivity contribution >= 4 is 23.2 Å². The lowest BCUT2D eigenvalue weighted by molar-refractivity contribution is -0.138. The molecule has 0 spiro atoms. The number of halogens is 1. The normalized spacial score (nSPS) is 15.8. The van der Waals surface area contributed by atoms with Crippen molar-refractivity contribution < 1.29 is 9.53 Å². The molecule has 2 aromatic rings. The van der Waals surface area contributed by atoms with E-state index in [2.05, 4.69) is 17.0 Å². The highest BCUT2D eigenvalue weighted by molar-refractivity contribution is 6.30. The van der Waals surface area contributed by atoms with Crippen molar-refractivity contribution in [3.8, 4) is 5.75 Å². The fourth-order valence-corrected chi connectivity index (χ4v) is 3.29. The maximum absolute atomic E-state index is 12.7. The van der Waals surface area contributed by atoms with Gasteiger partial charge in [-0.3, -0.25) is 4.79 Å². The number of piperazine rings is 1. The third kappa shape index (κ3) is 4.26. The van der Waals surface area contributed by atoms with Crippen LogP contribution in [0.5, 0.6) is 5.75 Å². The summed E-state index contributed by atoms with van der Waals surface area (Å²) in [5.74, 6) is 0.732. The van der Waals surface area contributed by atoms with Gasteiger partial charge >= 0.3 is 0 Å². The van der Waals surface area contributed by atoms with Crippen LogP contribution in [0, 0.1) is 6.92 Å². The zero-order valence-corrected chi connectivity index (χ0v) is 15.4. The second kappa shape index (κ2) is 7.79. The molecule has 0 bridgehead atoms. The highest BCUT2D eigenvalue weighted by Crippen LogP contribution is 2.23. The number of nitrogens with zero attached hydrogens (tertiary/aromatic N) is 2. The first-order valence-corrected chi connectivity index (χ1v) is 8.94. The van der Waals surface area contributed by atoms with Gasteiger partial charge in [0.05, 0.1) is 0 Å². The van der Waals surface area contributed by atoms with Gasteiger partial charge in [-0.15, -0.1) is 0 Å². The molecule has 3 rings (SSSR count). The van der Waals surface area contributed by atoms with E-state index in [1.54, 1.807) is 13.0 Å². The van der Waals surface area contributed by atoms with Crippen LogP contribution in [0.3, 0.4) is 0 Å². The predicted octanol–water partition coefficient (Wildman–Crippen LogP) is 3.76. The fourth-order valence-electron chi connectivity index (χ4n) is 3.07. The molecule has 1 saturated heterocycles. The predicted molar refractivity (Wildman–Crippen MR) is 102 cm³/mol. The van der Waals surface area contributed by atoms with Crippen molar-refractivity contribution in [3.63, 3.8) is 0 Å². The first-order chi connectivity index (χ1) is 12.0. The molecule has 5 heteroatoms. The smallest absolute Gasteiger partial charge is 0.263 e. The first-order valence-electron chi connectivity index (χ1n) is 8.56. The van der Waals surface area contributed by atoms with Crippen molar-refractivity contribution in [2.45, 2.75) is 20.0 Å². The maximum Gasteiger partial charge on any atom is 0.263 e. The molecule has 2 aromatic carbocycles. The second-order valence-corrected chi connectivity index (χ2v) is 6.75. The average Bonchev–Trinajstić information content (AvgIpc) is 2.64. The summed E-state index contributed by atoms with van der Waals surface area (Å²) in [4.78, 5) is 16.9. The molecule has 1 heterocycles. The summed E-state index contributed by atoms with van der Waals surface area (Å²) in [7, 11) is 0. The first kappa shape index (κ1) is 17.6. The van der Waals surface area contributed by atoms with Crippen molar-refractivity contribution in [1.29, 1.82) is 0 Å². The lowest BCUT2D eigenvalue weighted by Gasteiger charge is -2.37.